The Morgan fingerprint density at radius 1 is 0.900 bits per heavy atom. The van der Waals surface area contributed by atoms with Crippen LogP contribution < -0.4 is 5.73 Å². The third-order valence-corrected chi connectivity index (χ3v) is 4.07. The fraction of sp³-hybridized carbons (Fsp3) is 0.333. The maximum Gasteiger partial charge on any atom is 0.0720 e. The van der Waals surface area contributed by atoms with E-state index in [2.05, 4.69) is 48.5 Å². The van der Waals surface area contributed by atoms with Gasteiger partial charge in [0, 0.05) is 0 Å². The highest BCUT2D eigenvalue weighted by Gasteiger charge is 2.28. The normalized spacial score (nSPS) is 21.4. The lowest BCUT2D eigenvalue weighted by Gasteiger charge is -2.34. The first-order chi connectivity index (χ1) is 9.85. The van der Waals surface area contributed by atoms with Crippen LogP contribution in [0.5, 0.6) is 0 Å². The van der Waals surface area contributed by atoms with Gasteiger partial charge in [-0.25, -0.2) is 0 Å². The third-order valence-electron chi connectivity index (χ3n) is 4.07. The van der Waals surface area contributed by atoms with E-state index in [0.29, 0.717) is 18.6 Å². The summed E-state index contributed by atoms with van der Waals surface area (Å²) in [7, 11) is 0. The van der Waals surface area contributed by atoms with Crippen molar-refractivity contribution in [3.05, 3.63) is 60.2 Å². The van der Waals surface area contributed by atoms with Gasteiger partial charge in [0.05, 0.1) is 12.7 Å². The molecule has 2 heteroatoms. The molecule has 0 atom stereocenters. The molecule has 2 nitrogen and oxygen atoms in total. The van der Waals surface area contributed by atoms with Crippen LogP contribution in [-0.2, 0) is 11.3 Å². The second kappa shape index (κ2) is 6.21. The second-order valence-corrected chi connectivity index (χ2v) is 5.57. The van der Waals surface area contributed by atoms with Gasteiger partial charge in [0.2, 0.25) is 0 Å². The van der Waals surface area contributed by atoms with Crippen molar-refractivity contribution in [1.82, 2.24) is 0 Å². The predicted octanol–water partition coefficient (Wildman–Crippen LogP) is 3.61. The van der Waals surface area contributed by atoms with E-state index in [0.717, 1.165) is 19.4 Å². The van der Waals surface area contributed by atoms with Crippen molar-refractivity contribution in [3.63, 3.8) is 0 Å². The second-order valence-electron chi connectivity index (χ2n) is 5.57. The predicted molar refractivity (Wildman–Crippen MR) is 82.2 cm³/mol. The minimum absolute atomic E-state index is 0.414. The summed E-state index contributed by atoms with van der Waals surface area (Å²) in [6.07, 6.45) is 2.66. The lowest BCUT2D eigenvalue weighted by Crippen LogP contribution is -2.35. The smallest absolute Gasteiger partial charge is 0.0720 e. The molecule has 104 valence electrons. The van der Waals surface area contributed by atoms with Gasteiger partial charge in [0.25, 0.3) is 0 Å². The average molecular weight is 267 g/mol. The molecule has 0 radical (unpaired) electrons. The standard InChI is InChI=1S/C18H21NO/c19-12-15-10-18(11-15)20-13-14-6-8-17(9-7-14)16-4-2-1-3-5-16/h1-9,15,18H,10-13,19H2/t15-,18+. The number of hydrogen-bond donors (Lipinski definition) is 1. The van der Waals surface area contributed by atoms with Crippen LogP contribution in [-0.4, -0.2) is 12.6 Å². The molecule has 0 aromatic heterocycles. The van der Waals surface area contributed by atoms with E-state index in [9.17, 15) is 0 Å². The highest BCUT2D eigenvalue weighted by molar-refractivity contribution is 5.63. The summed E-state index contributed by atoms with van der Waals surface area (Å²) < 4.78 is 5.89. The fourth-order valence-electron chi connectivity index (χ4n) is 2.64. The van der Waals surface area contributed by atoms with Gasteiger partial charge >= 0.3 is 0 Å². The number of ether oxygens (including phenoxy) is 1. The van der Waals surface area contributed by atoms with E-state index >= 15 is 0 Å². The van der Waals surface area contributed by atoms with Crippen molar-refractivity contribution < 1.29 is 4.74 Å². The van der Waals surface area contributed by atoms with Gasteiger partial charge in [-0.3, -0.25) is 0 Å². The molecule has 1 saturated carbocycles. The van der Waals surface area contributed by atoms with E-state index in [1.807, 2.05) is 6.07 Å². The maximum atomic E-state index is 5.89. The molecule has 0 bridgehead atoms. The lowest BCUT2D eigenvalue weighted by atomic mass is 9.82. The summed E-state index contributed by atoms with van der Waals surface area (Å²) in [4.78, 5) is 0. The maximum absolute atomic E-state index is 5.89. The van der Waals surface area contributed by atoms with E-state index < -0.39 is 0 Å². The minimum atomic E-state index is 0.414. The Balaban J connectivity index is 1.54. The van der Waals surface area contributed by atoms with E-state index in [1.165, 1.54) is 16.7 Å². The van der Waals surface area contributed by atoms with Crippen LogP contribution in [0.25, 0.3) is 11.1 Å². The Morgan fingerprint density at radius 2 is 1.55 bits per heavy atom. The van der Waals surface area contributed by atoms with Gasteiger partial charge in [-0.2, -0.15) is 0 Å². The molecule has 0 amide bonds. The van der Waals surface area contributed by atoms with Crippen LogP contribution in [0.15, 0.2) is 54.6 Å². The molecule has 1 aliphatic rings. The molecule has 3 rings (SSSR count). The van der Waals surface area contributed by atoms with E-state index in [-0.39, 0.29) is 0 Å². The topological polar surface area (TPSA) is 35.2 Å². The quantitative estimate of drug-likeness (QED) is 0.898. The molecule has 2 aromatic rings. The van der Waals surface area contributed by atoms with Crippen LogP contribution in [0.4, 0.5) is 0 Å². The summed E-state index contributed by atoms with van der Waals surface area (Å²) in [5, 5.41) is 0. The zero-order chi connectivity index (χ0) is 13.8. The Labute approximate surface area is 120 Å². The van der Waals surface area contributed by atoms with Crippen molar-refractivity contribution >= 4 is 0 Å². The number of nitrogens with two attached hydrogens (primary N) is 1. The Hall–Kier alpha value is -1.64. The van der Waals surface area contributed by atoms with E-state index in [4.69, 9.17) is 10.5 Å². The first-order valence-corrected chi connectivity index (χ1v) is 7.31. The number of rotatable bonds is 5. The van der Waals surface area contributed by atoms with Gasteiger partial charge in [-0.1, -0.05) is 54.6 Å². The minimum Gasteiger partial charge on any atom is -0.374 e. The lowest BCUT2D eigenvalue weighted by molar-refractivity contribution is -0.0375. The van der Waals surface area contributed by atoms with Gasteiger partial charge in [0.15, 0.2) is 0 Å². The molecule has 1 aliphatic carbocycles. The van der Waals surface area contributed by atoms with Crippen LogP contribution in [0.2, 0.25) is 0 Å². The SMILES string of the molecule is NC[C@H]1C[C@@H](OCc2ccc(-c3ccccc3)cc2)C1. The molecule has 0 aliphatic heterocycles. The van der Waals surface area contributed by atoms with Crippen LogP contribution in [0.3, 0.4) is 0 Å². The highest BCUT2D eigenvalue weighted by atomic mass is 16.5. The average Bonchev–Trinajstić information content (AvgIpc) is 2.47. The number of benzene rings is 2. The third kappa shape index (κ3) is 3.09. The Morgan fingerprint density at radius 3 is 2.20 bits per heavy atom. The number of hydrogen-bond acceptors (Lipinski definition) is 2. The van der Waals surface area contributed by atoms with Gasteiger partial charge < -0.3 is 10.5 Å². The Bertz CT molecular complexity index is 529. The molecule has 2 N–H and O–H groups in total. The van der Waals surface area contributed by atoms with Crippen LogP contribution in [0, 0.1) is 5.92 Å². The molecule has 0 unspecified atom stereocenters. The van der Waals surface area contributed by atoms with Crippen molar-refractivity contribution in [2.24, 2.45) is 11.7 Å². The molecule has 20 heavy (non-hydrogen) atoms. The van der Waals surface area contributed by atoms with Crippen LogP contribution >= 0.6 is 0 Å². The summed E-state index contributed by atoms with van der Waals surface area (Å²) >= 11 is 0. The molecule has 0 heterocycles. The highest BCUT2D eigenvalue weighted by Crippen LogP contribution is 2.29. The molecule has 0 spiro atoms. The molecule has 1 fully saturated rings. The van der Waals surface area contributed by atoms with Crippen molar-refractivity contribution in [1.29, 1.82) is 0 Å². The molecule has 2 aromatic carbocycles. The summed E-state index contributed by atoms with van der Waals surface area (Å²) in [6.45, 7) is 1.50. The monoisotopic (exact) mass is 267 g/mol. The molecular weight excluding hydrogens is 246 g/mol. The molecule has 0 saturated heterocycles. The first kappa shape index (κ1) is 13.3. The van der Waals surface area contributed by atoms with Crippen molar-refractivity contribution in [2.45, 2.75) is 25.6 Å². The van der Waals surface area contributed by atoms with Gasteiger partial charge in [-0.05, 0) is 42.0 Å². The van der Waals surface area contributed by atoms with Gasteiger partial charge in [-0.15, -0.1) is 0 Å². The zero-order valence-corrected chi connectivity index (χ0v) is 11.7. The summed E-state index contributed by atoms with van der Waals surface area (Å²) in [6, 6.07) is 19.1. The van der Waals surface area contributed by atoms with Gasteiger partial charge in [0.1, 0.15) is 0 Å². The summed E-state index contributed by atoms with van der Waals surface area (Å²) in [5.74, 6) is 0.681. The van der Waals surface area contributed by atoms with Crippen molar-refractivity contribution in [3.8, 4) is 11.1 Å². The van der Waals surface area contributed by atoms with Crippen LogP contribution in [0.1, 0.15) is 18.4 Å². The first-order valence-electron chi connectivity index (χ1n) is 7.31. The van der Waals surface area contributed by atoms with E-state index in [1.54, 1.807) is 0 Å². The summed E-state index contributed by atoms with van der Waals surface area (Å²) in [5.41, 5.74) is 9.36. The van der Waals surface area contributed by atoms with Crippen molar-refractivity contribution in [2.75, 3.05) is 6.54 Å². The molecular formula is C18H21NO. The fourth-order valence-corrected chi connectivity index (χ4v) is 2.64. The Kier molecular flexibility index (Phi) is 4.14. The largest absolute Gasteiger partial charge is 0.374 e. The zero-order valence-electron chi connectivity index (χ0n) is 11.7.